The Bertz CT molecular complexity index is 909. The van der Waals surface area contributed by atoms with Crippen LogP contribution in [0.2, 0.25) is 0 Å². The van der Waals surface area contributed by atoms with E-state index in [4.69, 9.17) is 4.74 Å². The number of rotatable bonds is 9. The van der Waals surface area contributed by atoms with Crippen LogP contribution in [0.4, 0.5) is 28.8 Å². The molecule has 0 saturated carbocycles. The van der Waals surface area contributed by atoms with Gasteiger partial charge in [0.05, 0.1) is 18.0 Å². The number of nitrogens with one attached hydrogen (secondary N) is 2. The molecule has 0 fully saturated rings. The second-order valence-corrected chi connectivity index (χ2v) is 6.80. The Morgan fingerprint density at radius 3 is 2.38 bits per heavy atom. The minimum atomic E-state index is 0.0815. The molecule has 0 spiro atoms. The first-order chi connectivity index (χ1) is 14.1. The fourth-order valence-corrected chi connectivity index (χ4v) is 2.95. The zero-order chi connectivity index (χ0) is 20.6. The van der Waals surface area contributed by atoms with Gasteiger partial charge in [-0.1, -0.05) is 12.1 Å². The maximum absolute atomic E-state index is 5.85. The van der Waals surface area contributed by atoms with Gasteiger partial charge in [-0.3, -0.25) is 0 Å². The van der Waals surface area contributed by atoms with E-state index in [1.165, 1.54) is 5.69 Å². The van der Waals surface area contributed by atoms with Gasteiger partial charge in [-0.05, 0) is 64.1 Å². The molecular weight excluding hydrogens is 364 g/mol. The third kappa shape index (κ3) is 5.57. The molecule has 0 bridgehead atoms. The number of benzene rings is 2. The Balaban J connectivity index is 1.72. The molecular formula is C22H28N6O. The third-order valence-electron chi connectivity index (χ3n) is 4.32. The lowest BCUT2D eigenvalue weighted by Gasteiger charge is -2.21. The smallest absolute Gasteiger partial charge is 0.249 e. The lowest BCUT2D eigenvalue weighted by atomic mass is 10.2. The SMILES string of the molecule is CCN(CC)c1ccc(Nc2nncc(Nc3ccccc3OC(C)C)n2)cc1. The summed E-state index contributed by atoms with van der Waals surface area (Å²) in [6.45, 7) is 10.3. The first-order valence-corrected chi connectivity index (χ1v) is 9.93. The molecule has 0 unspecified atom stereocenters. The number of anilines is 5. The molecule has 0 aliphatic heterocycles. The lowest BCUT2D eigenvalue weighted by Crippen LogP contribution is -2.21. The minimum Gasteiger partial charge on any atom is -0.489 e. The molecule has 7 heteroatoms. The first-order valence-electron chi connectivity index (χ1n) is 9.93. The molecule has 2 aromatic carbocycles. The largest absolute Gasteiger partial charge is 0.489 e. The highest BCUT2D eigenvalue weighted by molar-refractivity contribution is 5.65. The van der Waals surface area contributed by atoms with Gasteiger partial charge in [-0.25, -0.2) is 0 Å². The van der Waals surface area contributed by atoms with Crippen molar-refractivity contribution < 1.29 is 4.74 Å². The molecule has 2 N–H and O–H groups in total. The van der Waals surface area contributed by atoms with Crippen LogP contribution in [0.5, 0.6) is 5.75 Å². The summed E-state index contributed by atoms with van der Waals surface area (Å²) in [5.41, 5.74) is 2.93. The Labute approximate surface area is 172 Å². The highest BCUT2D eigenvalue weighted by atomic mass is 16.5. The second kappa shape index (κ2) is 9.73. The van der Waals surface area contributed by atoms with Crippen molar-refractivity contribution in [3.05, 3.63) is 54.7 Å². The van der Waals surface area contributed by atoms with Crippen LogP contribution in [0.1, 0.15) is 27.7 Å². The summed E-state index contributed by atoms with van der Waals surface area (Å²) >= 11 is 0. The fourth-order valence-electron chi connectivity index (χ4n) is 2.95. The second-order valence-electron chi connectivity index (χ2n) is 6.80. The summed E-state index contributed by atoms with van der Waals surface area (Å²) in [6, 6.07) is 16.0. The van der Waals surface area contributed by atoms with Crippen LogP contribution in [0.25, 0.3) is 0 Å². The third-order valence-corrected chi connectivity index (χ3v) is 4.32. The summed E-state index contributed by atoms with van der Waals surface area (Å²) in [7, 11) is 0. The van der Waals surface area contributed by atoms with E-state index in [1.54, 1.807) is 6.20 Å². The number of aromatic nitrogens is 3. The Hall–Kier alpha value is -3.35. The van der Waals surface area contributed by atoms with Crippen LogP contribution in [0.15, 0.2) is 54.7 Å². The zero-order valence-corrected chi connectivity index (χ0v) is 17.4. The van der Waals surface area contributed by atoms with Gasteiger partial charge in [0.2, 0.25) is 5.95 Å². The molecule has 1 aromatic heterocycles. The van der Waals surface area contributed by atoms with E-state index in [0.717, 1.165) is 30.2 Å². The van der Waals surface area contributed by atoms with E-state index in [0.29, 0.717) is 11.8 Å². The topological polar surface area (TPSA) is 75.2 Å². The van der Waals surface area contributed by atoms with Crippen molar-refractivity contribution in [1.82, 2.24) is 15.2 Å². The molecule has 0 aliphatic carbocycles. The monoisotopic (exact) mass is 392 g/mol. The Morgan fingerprint density at radius 2 is 1.69 bits per heavy atom. The van der Waals surface area contributed by atoms with E-state index >= 15 is 0 Å². The van der Waals surface area contributed by atoms with Gasteiger partial charge in [0.15, 0.2) is 5.82 Å². The molecule has 3 aromatic rings. The predicted molar refractivity (Wildman–Crippen MR) is 119 cm³/mol. The molecule has 7 nitrogen and oxygen atoms in total. The molecule has 0 radical (unpaired) electrons. The molecule has 0 amide bonds. The summed E-state index contributed by atoms with van der Waals surface area (Å²) in [5, 5.41) is 14.6. The number of hydrogen-bond acceptors (Lipinski definition) is 7. The standard InChI is InChI=1S/C22H28N6O/c1-5-28(6-2)18-13-11-17(12-14-18)24-22-26-21(15-23-27-22)25-19-9-7-8-10-20(19)29-16(3)4/h7-16H,5-6H2,1-4H3,(H2,24,25,26,27). The van der Waals surface area contributed by atoms with Crippen LogP contribution in [0, 0.1) is 0 Å². The van der Waals surface area contributed by atoms with Gasteiger partial charge < -0.3 is 20.3 Å². The predicted octanol–water partition coefficient (Wildman–Crippen LogP) is 4.99. The number of para-hydroxylation sites is 2. The summed E-state index contributed by atoms with van der Waals surface area (Å²) in [4.78, 5) is 6.81. The van der Waals surface area contributed by atoms with Crippen molar-refractivity contribution in [2.24, 2.45) is 0 Å². The molecule has 0 atom stereocenters. The van der Waals surface area contributed by atoms with E-state index < -0.39 is 0 Å². The van der Waals surface area contributed by atoms with Crippen LogP contribution in [0.3, 0.4) is 0 Å². The van der Waals surface area contributed by atoms with Gasteiger partial charge in [0.25, 0.3) is 0 Å². The molecule has 3 rings (SSSR count). The number of hydrogen-bond donors (Lipinski definition) is 2. The Morgan fingerprint density at radius 1 is 0.966 bits per heavy atom. The normalized spacial score (nSPS) is 10.7. The van der Waals surface area contributed by atoms with Crippen molar-refractivity contribution in [1.29, 1.82) is 0 Å². The summed E-state index contributed by atoms with van der Waals surface area (Å²) in [5.74, 6) is 1.78. The van der Waals surface area contributed by atoms with Crippen molar-refractivity contribution in [2.75, 3.05) is 28.6 Å². The minimum absolute atomic E-state index is 0.0815. The quantitative estimate of drug-likeness (QED) is 0.531. The van der Waals surface area contributed by atoms with Gasteiger partial charge in [0, 0.05) is 24.5 Å². The lowest BCUT2D eigenvalue weighted by molar-refractivity contribution is 0.244. The van der Waals surface area contributed by atoms with Crippen LogP contribution in [-0.4, -0.2) is 34.4 Å². The Kier molecular flexibility index (Phi) is 6.84. The van der Waals surface area contributed by atoms with Crippen molar-refractivity contribution in [2.45, 2.75) is 33.8 Å². The maximum Gasteiger partial charge on any atom is 0.249 e. The summed E-state index contributed by atoms with van der Waals surface area (Å²) < 4.78 is 5.85. The molecule has 0 aliphatic rings. The van der Waals surface area contributed by atoms with Crippen molar-refractivity contribution in [3.63, 3.8) is 0 Å². The average Bonchev–Trinajstić information content (AvgIpc) is 2.72. The van der Waals surface area contributed by atoms with E-state index in [9.17, 15) is 0 Å². The molecule has 1 heterocycles. The van der Waals surface area contributed by atoms with Gasteiger partial charge in [-0.15, -0.1) is 5.10 Å². The molecule has 29 heavy (non-hydrogen) atoms. The number of nitrogens with zero attached hydrogens (tertiary/aromatic N) is 4. The van der Waals surface area contributed by atoms with Crippen LogP contribution < -0.4 is 20.3 Å². The van der Waals surface area contributed by atoms with E-state index in [1.807, 2.05) is 50.2 Å². The van der Waals surface area contributed by atoms with Gasteiger partial charge >= 0.3 is 0 Å². The fraction of sp³-hybridized carbons (Fsp3) is 0.318. The van der Waals surface area contributed by atoms with Gasteiger partial charge in [0.1, 0.15) is 5.75 Å². The van der Waals surface area contributed by atoms with Crippen molar-refractivity contribution in [3.8, 4) is 5.75 Å². The number of ether oxygens (including phenoxy) is 1. The van der Waals surface area contributed by atoms with Crippen LogP contribution in [-0.2, 0) is 0 Å². The average molecular weight is 393 g/mol. The zero-order valence-electron chi connectivity index (χ0n) is 17.4. The highest BCUT2D eigenvalue weighted by Crippen LogP contribution is 2.28. The molecule has 0 saturated heterocycles. The first kappa shape index (κ1) is 20.4. The maximum atomic E-state index is 5.85. The highest BCUT2D eigenvalue weighted by Gasteiger charge is 2.08. The van der Waals surface area contributed by atoms with Crippen LogP contribution >= 0.6 is 0 Å². The van der Waals surface area contributed by atoms with Crippen molar-refractivity contribution >= 4 is 28.8 Å². The van der Waals surface area contributed by atoms with E-state index in [2.05, 4.69) is 56.7 Å². The summed E-state index contributed by atoms with van der Waals surface area (Å²) in [6.07, 6.45) is 1.67. The molecule has 152 valence electrons. The van der Waals surface area contributed by atoms with E-state index in [-0.39, 0.29) is 6.10 Å². The van der Waals surface area contributed by atoms with Gasteiger partial charge in [-0.2, -0.15) is 10.1 Å².